The number of hydrogen-bond donors (Lipinski definition) is 2. The van der Waals surface area contributed by atoms with Crippen LogP contribution in [0.5, 0.6) is 11.5 Å². The first-order valence-electron chi connectivity index (χ1n) is 6.08. The summed E-state index contributed by atoms with van der Waals surface area (Å²) >= 11 is 0. The van der Waals surface area contributed by atoms with Crippen LogP contribution in [0, 0.1) is 0 Å². The molecule has 0 unspecified atom stereocenters. The maximum atomic E-state index is 5.54. The monoisotopic (exact) mass is 287 g/mol. The highest BCUT2D eigenvalue weighted by atomic mass is 16.5. The summed E-state index contributed by atoms with van der Waals surface area (Å²) < 4.78 is 15.6. The number of aromatic nitrogens is 4. The van der Waals surface area contributed by atoms with Gasteiger partial charge < -0.3 is 19.7 Å². The summed E-state index contributed by atoms with van der Waals surface area (Å²) in [5.41, 5.74) is 6.82. The third kappa shape index (κ3) is 2.50. The van der Waals surface area contributed by atoms with Gasteiger partial charge in [-0.2, -0.15) is 10.1 Å². The lowest BCUT2D eigenvalue weighted by molar-refractivity contribution is 0.394. The average molecular weight is 287 g/mol. The molecule has 3 aromatic rings. The number of anilines is 1. The Bertz CT molecular complexity index is 743. The smallest absolute Gasteiger partial charge is 0.276 e. The summed E-state index contributed by atoms with van der Waals surface area (Å²) in [5, 5.41) is 10.5. The lowest BCUT2D eigenvalue weighted by atomic mass is 10.2. The second kappa shape index (κ2) is 5.16. The molecule has 0 amide bonds. The van der Waals surface area contributed by atoms with Gasteiger partial charge in [0.2, 0.25) is 5.82 Å². The lowest BCUT2D eigenvalue weighted by Crippen LogP contribution is -1.89. The Morgan fingerprint density at radius 2 is 1.81 bits per heavy atom. The highest BCUT2D eigenvalue weighted by Crippen LogP contribution is 2.29. The predicted molar refractivity (Wildman–Crippen MR) is 74.8 cm³/mol. The predicted octanol–water partition coefficient (Wildman–Crippen LogP) is 1.73. The van der Waals surface area contributed by atoms with Crippen molar-refractivity contribution < 1.29 is 14.0 Å². The first kappa shape index (κ1) is 13.0. The number of nitrogens with one attached hydrogen (secondary N) is 1. The maximum Gasteiger partial charge on any atom is 0.276 e. The van der Waals surface area contributed by atoms with Crippen LogP contribution in [-0.4, -0.2) is 34.6 Å². The number of benzene rings is 1. The van der Waals surface area contributed by atoms with Crippen molar-refractivity contribution in [2.75, 3.05) is 20.0 Å². The molecule has 0 saturated carbocycles. The van der Waals surface area contributed by atoms with E-state index in [1.54, 1.807) is 38.5 Å². The van der Waals surface area contributed by atoms with E-state index in [1.165, 1.54) is 0 Å². The quantitative estimate of drug-likeness (QED) is 0.751. The number of hydrogen-bond acceptors (Lipinski definition) is 7. The van der Waals surface area contributed by atoms with Crippen molar-refractivity contribution in [3.63, 3.8) is 0 Å². The number of rotatable bonds is 4. The number of methoxy groups -OCH3 is 2. The molecule has 3 rings (SSSR count). The Morgan fingerprint density at radius 1 is 1.10 bits per heavy atom. The minimum atomic E-state index is 0.302. The van der Waals surface area contributed by atoms with Crippen LogP contribution in [-0.2, 0) is 0 Å². The van der Waals surface area contributed by atoms with E-state index in [2.05, 4.69) is 20.3 Å². The molecule has 8 nitrogen and oxygen atoms in total. The van der Waals surface area contributed by atoms with Crippen molar-refractivity contribution in [1.29, 1.82) is 0 Å². The van der Waals surface area contributed by atoms with Crippen LogP contribution in [0.4, 0.5) is 5.82 Å². The second-order valence-corrected chi connectivity index (χ2v) is 4.23. The molecule has 0 aliphatic heterocycles. The SMILES string of the molecule is COc1cc(OC)cc(-c2noc(-c3cc(N)n[nH]3)n2)c1. The van der Waals surface area contributed by atoms with Gasteiger partial charge in [-0.05, 0) is 12.1 Å². The van der Waals surface area contributed by atoms with Crippen molar-refractivity contribution in [3.8, 4) is 34.5 Å². The van der Waals surface area contributed by atoms with Gasteiger partial charge in [0.25, 0.3) is 5.89 Å². The molecule has 0 radical (unpaired) electrons. The summed E-state index contributed by atoms with van der Waals surface area (Å²) in [7, 11) is 3.15. The zero-order valence-corrected chi connectivity index (χ0v) is 11.5. The lowest BCUT2D eigenvalue weighted by Gasteiger charge is -2.05. The molecule has 2 heterocycles. The highest BCUT2D eigenvalue weighted by Gasteiger charge is 2.14. The Kier molecular flexibility index (Phi) is 3.19. The van der Waals surface area contributed by atoms with Crippen LogP contribution < -0.4 is 15.2 Å². The molecular weight excluding hydrogens is 274 g/mol. The largest absolute Gasteiger partial charge is 0.497 e. The van der Waals surface area contributed by atoms with Crippen LogP contribution in [0.3, 0.4) is 0 Å². The van der Waals surface area contributed by atoms with Crippen LogP contribution in [0.2, 0.25) is 0 Å². The summed E-state index contributed by atoms with van der Waals surface area (Å²) in [6, 6.07) is 6.96. The Balaban J connectivity index is 1.99. The zero-order valence-electron chi connectivity index (χ0n) is 11.5. The van der Waals surface area contributed by atoms with E-state index in [1.807, 2.05) is 0 Å². The third-order valence-electron chi connectivity index (χ3n) is 2.86. The maximum absolute atomic E-state index is 5.54. The number of aromatic amines is 1. The Morgan fingerprint density at radius 3 is 2.38 bits per heavy atom. The second-order valence-electron chi connectivity index (χ2n) is 4.23. The van der Waals surface area contributed by atoms with E-state index in [0.29, 0.717) is 40.3 Å². The number of H-pyrrole nitrogens is 1. The molecule has 21 heavy (non-hydrogen) atoms. The molecule has 0 aliphatic carbocycles. The van der Waals surface area contributed by atoms with Gasteiger partial charge in [0.15, 0.2) is 0 Å². The molecule has 0 saturated heterocycles. The van der Waals surface area contributed by atoms with E-state index in [0.717, 1.165) is 0 Å². The Labute approximate surface area is 119 Å². The summed E-state index contributed by atoms with van der Waals surface area (Å²) in [6.07, 6.45) is 0. The molecular formula is C13H13N5O3. The molecule has 0 atom stereocenters. The molecule has 0 spiro atoms. The average Bonchev–Trinajstić information content (AvgIpc) is 3.15. The van der Waals surface area contributed by atoms with Crippen molar-refractivity contribution in [2.24, 2.45) is 0 Å². The standard InChI is InChI=1S/C13H13N5O3/c1-19-8-3-7(4-9(5-8)20-2)12-15-13(21-18-12)10-6-11(14)17-16-10/h3-6H,1-2H3,(H3,14,16,17). The summed E-state index contributed by atoms with van der Waals surface area (Å²) in [4.78, 5) is 4.30. The number of nitrogen functional groups attached to an aromatic ring is 1. The van der Waals surface area contributed by atoms with Crippen LogP contribution in [0.1, 0.15) is 0 Å². The van der Waals surface area contributed by atoms with E-state index in [4.69, 9.17) is 19.7 Å². The van der Waals surface area contributed by atoms with Crippen molar-refractivity contribution in [3.05, 3.63) is 24.3 Å². The minimum Gasteiger partial charge on any atom is -0.497 e. The van der Waals surface area contributed by atoms with E-state index < -0.39 is 0 Å². The minimum absolute atomic E-state index is 0.302. The first-order chi connectivity index (χ1) is 10.2. The fourth-order valence-corrected chi connectivity index (χ4v) is 1.83. The molecule has 108 valence electrons. The van der Waals surface area contributed by atoms with Gasteiger partial charge in [-0.3, -0.25) is 5.10 Å². The summed E-state index contributed by atoms with van der Waals surface area (Å²) in [5.74, 6) is 2.35. The summed E-state index contributed by atoms with van der Waals surface area (Å²) in [6.45, 7) is 0. The van der Waals surface area contributed by atoms with E-state index >= 15 is 0 Å². The van der Waals surface area contributed by atoms with Crippen LogP contribution in [0.25, 0.3) is 23.0 Å². The number of nitrogens with two attached hydrogens (primary N) is 1. The topological polar surface area (TPSA) is 112 Å². The van der Waals surface area contributed by atoms with Gasteiger partial charge in [0.05, 0.1) is 14.2 Å². The van der Waals surface area contributed by atoms with Gasteiger partial charge in [-0.25, -0.2) is 0 Å². The molecule has 8 heteroatoms. The van der Waals surface area contributed by atoms with E-state index in [-0.39, 0.29) is 0 Å². The fraction of sp³-hybridized carbons (Fsp3) is 0.154. The highest BCUT2D eigenvalue weighted by molar-refractivity contribution is 5.63. The molecule has 0 bridgehead atoms. The first-order valence-corrected chi connectivity index (χ1v) is 6.08. The van der Waals surface area contributed by atoms with Crippen LogP contribution in [0.15, 0.2) is 28.8 Å². The molecule has 1 aromatic carbocycles. The van der Waals surface area contributed by atoms with Crippen LogP contribution >= 0.6 is 0 Å². The van der Waals surface area contributed by atoms with Crippen molar-refractivity contribution in [1.82, 2.24) is 20.3 Å². The van der Waals surface area contributed by atoms with Gasteiger partial charge in [-0.15, -0.1) is 0 Å². The molecule has 0 fully saturated rings. The van der Waals surface area contributed by atoms with Crippen molar-refractivity contribution >= 4 is 5.82 Å². The zero-order chi connectivity index (χ0) is 14.8. The van der Waals surface area contributed by atoms with Gasteiger partial charge in [-0.1, -0.05) is 5.16 Å². The Hall–Kier alpha value is -3.03. The normalized spacial score (nSPS) is 10.6. The third-order valence-corrected chi connectivity index (χ3v) is 2.86. The van der Waals surface area contributed by atoms with E-state index in [9.17, 15) is 0 Å². The molecule has 2 aromatic heterocycles. The number of ether oxygens (including phenoxy) is 2. The van der Waals surface area contributed by atoms with Gasteiger partial charge in [0, 0.05) is 17.7 Å². The molecule has 3 N–H and O–H groups in total. The van der Waals surface area contributed by atoms with Gasteiger partial charge >= 0.3 is 0 Å². The fourth-order valence-electron chi connectivity index (χ4n) is 1.83. The van der Waals surface area contributed by atoms with Crippen molar-refractivity contribution in [2.45, 2.75) is 0 Å². The number of nitrogens with zero attached hydrogens (tertiary/aromatic N) is 3. The van der Waals surface area contributed by atoms with Gasteiger partial charge in [0.1, 0.15) is 23.0 Å². The molecule has 0 aliphatic rings.